The average Bonchev–Trinajstić information content (AvgIpc) is 2.80. The fraction of sp³-hybridized carbons (Fsp3) is 0.556. The molecule has 150 valence electrons. The van der Waals surface area contributed by atoms with Crippen LogP contribution >= 0.6 is 0 Å². The number of carbonyl (C=O) groups is 4. The van der Waals surface area contributed by atoms with E-state index in [0.717, 1.165) is 0 Å². The van der Waals surface area contributed by atoms with Crippen LogP contribution in [0.1, 0.15) is 66.7 Å². The van der Waals surface area contributed by atoms with E-state index in [1.54, 1.807) is 41.5 Å². The van der Waals surface area contributed by atoms with E-state index in [1.165, 1.54) is 6.92 Å². The molecule has 0 aliphatic carbocycles. The summed E-state index contributed by atoms with van der Waals surface area (Å²) in [6, 6.07) is -0.688. The predicted octanol–water partition coefficient (Wildman–Crippen LogP) is 1.98. The van der Waals surface area contributed by atoms with Crippen LogP contribution < -0.4 is 10.6 Å². The third-order valence-electron chi connectivity index (χ3n) is 3.50. The van der Waals surface area contributed by atoms with Crippen LogP contribution in [0.25, 0.3) is 0 Å². The molecule has 1 unspecified atom stereocenters. The third-order valence-corrected chi connectivity index (χ3v) is 3.50. The molecule has 0 aliphatic rings. The van der Waals surface area contributed by atoms with Gasteiger partial charge >= 0.3 is 18.0 Å². The lowest BCUT2D eigenvalue weighted by Crippen LogP contribution is -2.50. The molecule has 1 atom stereocenters. The van der Waals surface area contributed by atoms with Crippen molar-refractivity contribution >= 4 is 23.9 Å². The number of H-pyrrole nitrogens is 1. The van der Waals surface area contributed by atoms with Gasteiger partial charge in [-0.25, -0.2) is 14.4 Å². The second kappa shape index (κ2) is 8.70. The van der Waals surface area contributed by atoms with E-state index in [4.69, 9.17) is 9.47 Å². The summed E-state index contributed by atoms with van der Waals surface area (Å²) < 4.78 is 10.1. The number of aryl methyl sites for hydroxylation is 1. The first-order valence-corrected chi connectivity index (χ1v) is 8.57. The monoisotopic (exact) mass is 381 g/mol. The minimum absolute atomic E-state index is 0.0503. The molecule has 0 saturated heterocycles. The lowest BCUT2D eigenvalue weighted by Gasteiger charge is -2.21. The number of imide groups is 1. The molecular formula is C18H27N3O6. The van der Waals surface area contributed by atoms with Gasteiger partial charge in [0.1, 0.15) is 5.69 Å². The van der Waals surface area contributed by atoms with Gasteiger partial charge < -0.3 is 19.8 Å². The van der Waals surface area contributed by atoms with E-state index in [0.29, 0.717) is 11.3 Å². The van der Waals surface area contributed by atoms with Crippen molar-refractivity contribution in [3.05, 3.63) is 22.5 Å². The quantitative estimate of drug-likeness (QED) is 0.670. The van der Waals surface area contributed by atoms with Crippen LogP contribution in [0.2, 0.25) is 0 Å². The molecule has 0 bridgehead atoms. The summed E-state index contributed by atoms with van der Waals surface area (Å²) in [4.78, 5) is 50.9. The van der Waals surface area contributed by atoms with Crippen molar-refractivity contribution in [1.82, 2.24) is 15.6 Å². The Morgan fingerprint density at radius 2 is 1.70 bits per heavy atom. The number of aromatic nitrogens is 1. The third kappa shape index (κ3) is 6.12. The van der Waals surface area contributed by atoms with E-state index >= 15 is 0 Å². The van der Waals surface area contributed by atoms with Gasteiger partial charge in [-0.1, -0.05) is 0 Å². The molecular weight excluding hydrogens is 354 g/mol. The number of esters is 2. The molecule has 0 aliphatic heterocycles. The molecule has 1 heterocycles. The molecule has 0 aromatic carbocycles. The van der Waals surface area contributed by atoms with Crippen LogP contribution in [0.5, 0.6) is 0 Å². The molecule has 27 heavy (non-hydrogen) atoms. The molecule has 9 heteroatoms. The fourth-order valence-corrected chi connectivity index (χ4v) is 2.32. The van der Waals surface area contributed by atoms with E-state index in [-0.39, 0.29) is 17.9 Å². The smallest absolute Gasteiger partial charge is 0.355 e. The summed E-state index contributed by atoms with van der Waals surface area (Å²) in [5.74, 6) is -2.13. The van der Waals surface area contributed by atoms with Crippen LogP contribution in [0.3, 0.4) is 0 Å². The number of urea groups is 1. The number of amides is 3. The highest BCUT2D eigenvalue weighted by Crippen LogP contribution is 2.20. The molecule has 3 N–H and O–H groups in total. The highest BCUT2D eigenvalue weighted by molar-refractivity contribution is 6.00. The maximum absolute atomic E-state index is 12.4. The number of nitrogens with one attached hydrogen (secondary N) is 3. The summed E-state index contributed by atoms with van der Waals surface area (Å²) in [5, 5.41) is 4.67. The SMILES string of the molecule is CCOC(=O)c1c(C)[nH]c(C(=O)OC(C)C(=O)NC(=O)NC(C)(C)C)c1C. The van der Waals surface area contributed by atoms with Gasteiger partial charge in [-0.3, -0.25) is 10.1 Å². The van der Waals surface area contributed by atoms with Gasteiger partial charge in [-0.2, -0.15) is 0 Å². The first-order chi connectivity index (χ1) is 12.4. The molecule has 9 nitrogen and oxygen atoms in total. The predicted molar refractivity (Wildman–Crippen MR) is 97.5 cm³/mol. The fourth-order valence-electron chi connectivity index (χ4n) is 2.32. The van der Waals surface area contributed by atoms with Gasteiger partial charge in [-0.15, -0.1) is 0 Å². The molecule has 3 amide bonds. The van der Waals surface area contributed by atoms with Gasteiger partial charge in [0, 0.05) is 11.2 Å². The number of hydrogen-bond donors (Lipinski definition) is 3. The molecule has 1 aromatic heterocycles. The minimum atomic E-state index is -1.21. The lowest BCUT2D eigenvalue weighted by molar-refractivity contribution is -0.127. The van der Waals surface area contributed by atoms with Gasteiger partial charge in [-0.05, 0) is 54.0 Å². The van der Waals surface area contributed by atoms with Crippen LogP contribution in [-0.2, 0) is 14.3 Å². The van der Waals surface area contributed by atoms with Crippen LogP contribution in [0, 0.1) is 13.8 Å². The maximum Gasteiger partial charge on any atom is 0.355 e. The standard InChI is InChI=1S/C18H27N3O6/c1-8-26-15(23)12-9(2)13(19-10(12)3)16(24)27-11(4)14(22)20-17(25)21-18(5,6)7/h11,19H,8H2,1-7H3,(H2,20,21,22,25). The Morgan fingerprint density at radius 1 is 1.11 bits per heavy atom. The van der Waals surface area contributed by atoms with E-state index in [1.807, 2.05) is 0 Å². The average molecular weight is 381 g/mol. The first kappa shape index (κ1) is 22.2. The van der Waals surface area contributed by atoms with Gasteiger partial charge in [0.05, 0.1) is 12.2 Å². The second-order valence-corrected chi connectivity index (χ2v) is 7.09. The van der Waals surface area contributed by atoms with Gasteiger partial charge in [0.15, 0.2) is 6.10 Å². The maximum atomic E-state index is 12.4. The number of rotatable bonds is 5. The Kier molecular flexibility index (Phi) is 7.15. The van der Waals surface area contributed by atoms with E-state index in [2.05, 4.69) is 15.6 Å². The van der Waals surface area contributed by atoms with Crippen molar-refractivity contribution < 1.29 is 28.7 Å². The number of aromatic amines is 1. The zero-order valence-electron chi connectivity index (χ0n) is 16.7. The summed E-state index contributed by atoms with van der Waals surface area (Å²) in [6.07, 6.45) is -1.21. The molecule has 0 fully saturated rings. The van der Waals surface area contributed by atoms with Crippen LogP contribution in [0.4, 0.5) is 4.79 Å². The molecule has 0 saturated carbocycles. The van der Waals surface area contributed by atoms with E-state index in [9.17, 15) is 19.2 Å². The van der Waals surface area contributed by atoms with Crippen LogP contribution in [0.15, 0.2) is 0 Å². The van der Waals surface area contributed by atoms with Crippen LogP contribution in [-0.4, -0.2) is 47.1 Å². The molecule has 0 spiro atoms. The molecule has 1 rings (SSSR count). The Hall–Kier alpha value is -2.84. The number of ether oxygens (including phenoxy) is 2. The normalized spacial score (nSPS) is 12.1. The minimum Gasteiger partial charge on any atom is -0.462 e. The topological polar surface area (TPSA) is 127 Å². The summed E-state index contributed by atoms with van der Waals surface area (Å²) in [6.45, 7) is 11.7. The van der Waals surface area contributed by atoms with Gasteiger partial charge in [0.25, 0.3) is 5.91 Å². The number of carbonyl (C=O) groups excluding carboxylic acids is 4. The van der Waals surface area contributed by atoms with E-state index < -0.39 is 35.5 Å². The van der Waals surface area contributed by atoms with Crippen molar-refractivity contribution in [2.75, 3.05) is 6.61 Å². The Labute approximate surface area is 158 Å². The van der Waals surface area contributed by atoms with Crippen molar-refractivity contribution in [3.63, 3.8) is 0 Å². The van der Waals surface area contributed by atoms with Crippen molar-refractivity contribution in [2.45, 2.75) is 60.1 Å². The van der Waals surface area contributed by atoms with Gasteiger partial charge in [0.2, 0.25) is 0 Å². The molecule has 0 radical (unpaired) electrons. The summed E-state index contributed by atoms with van der Waals surface area (Å²) in [5.41, 5.74) is 0.612. The Morgan fingerprint density at radius 3 is 2.22 bits per heavy atom. The lowest BCUT2D eigenvalue weighted by atomic mass is 10.1. The summed E-state index contributed by atoms with van der Waals surface area (Å²) in [7, 11) is 0. The second-order valence-electron chi connectivity index (χ2n) is 7.09. The van der Waals surface area contributed by atoms with Crippen molar-refractivity contribution in [2.24, 2.45) is 0 Å². The molecule has 1 aromatic rings. The summed E-state index contributed by atoms with van der Waals surface area (Å²) >= 11 is 0. The van der Waals surface area contributed by atoms with Crippen molar-refractivity contribution in [1.29, 1.82) is 0 Å². The zero-order valence-corrected chi connectivity index (χ0v) is 16.7. The highest BCUT2D eigenvalue weighted by Gasteiger charge is 2.27. The largest absolute Gasteiger partial charge is 0.462 e. The zero-order chi connectivity index (χ0) is 20.9. The first-order valence-electron chi connectivity index (χ1n) is 8.57. The van der Waals surface area contributed by atoms with Crippen molar-refractivity contribution in [3.8, 4) is 0 Å². The highest BCUT2D eigenvalue weighted by atomic mass is 16.5. The number of hydrogen-bond acceptors (Lipinski definition) is 6. The Bertz CT molecular complexity index is 745. The Balaban J connectivity index is 2.81.